The molecule has 0 aliphatic carbocycles. The Hall–Kier alpha value is -1.16. The van der Waals surface area contributed by atoms with Crippen molar-refractivity contribution >= 4 is 17.7 Å². The Morgan fingerprint density at radius 3 is 2.46 bits per heavy atom. The van der Waals surface area contributed by atoms with Gasteiger partial charge in [0.1, 0.15) is 5.75 Å². The molecule has 1 aromatic rings. The molecule has 0 aliphatic rings. The van der Waals surface area contributed by atoms with Gasteiger partial charge in [0.2, 0.25) is 5.91 Å². The Labute approximate surface area is 151 Å². The molecule has 4 heteroatoms. The molecule has 0 bridgehead atoms. The van der Waals surface area contributed by atoms with Crippen molar-refractivity contribution in [1.82, 2.24) is 5.32 Å². The zero-order chi connectivity index (χ0) is 17.8. The van der Waals surface area contributed by atoms with Gasteiger partial charge in [0.15, 0.2) is 0 Å². The van der Waals surface area contributed by atoms with Crippen molar-refractivity contribution in [3.05, 3.63) is 29.8 Å². The molecule has 1 amide bonds. The third-order valence-corrected chi connectivity index (χ3v) is 5.42. The van der Waals surface area contributed by atoms with Crippen LogP contribution in [0.3, 0.4) is 0 Å². The molecule has 24 heavy (non-hydrogen) atoms. The predicted octanol–water partition coefficient (Wildman–Crippen LogP) is 4.92. The number of aromatic hydroxyl groups is 1. The fraction of sp³-hybridized carbons (Fsp3) is 0.650. The SMILES string of the molecule is CCCCC(CCCCC(=O)NC(C)Cc1ccc(O)cc1)SC. The van der Waals surface area contributed by atoms with Crippen molar-refractivity contribution in [2.24, 2.45) is 0 Å². The van der Waals surface area contributed by atoms with Gasteiger partial charge in [-0.05, 0) is 56.6 Å². The Morgan fingerprint density at radius 1 is 1.17 bits per heavy atom. The average molecular weight is 352 g/mol. The highest BCUT2D eigenvalue weighted by molar-refractivity contribution is 7.99. The van der Waals surface area contributed by atoms with Crippen LogP contribution >= 0.6 is 11.8 Å². The molecule has 0 saturated carbocycles. The van der Waals surface area contributed by atoms with Crippen molar-refractivity contribution < 1.29 is 9.90 Å². The number of unbranched alkanes of at least 4 members (excludes halogenated alkanes) is 2. The molecule has 3 nitrogen and oxygen atoms in total. The number of thioether (sulfide) groups is 1. The van der Waals surface area contributed by atoms with E-state index in [4.69, 9.17) is 0 Å². The molecule has 0 fully saturated rings. The lowest BCUT2D eigenvalue weighted by atomic mass is 10.1. The highest BCUT2D eigenvalue weighted by Crippen LogP contribution is 2.20. The summed E-state index contributed by atoms with van der Waals surface area (Å²) in [7, 11) is 0. The Morgan fingerprint density at radius 2 is 1.83 bits per heavy atom. The van der Waals surface area contributed by atoms with E-state index in [-0.39, 0.29) is 17.7 Å². The number of carbonyl (C=O) groups is 1. The number of carbonyl (C=O) groups excluding carboxylic acids is 1. The smallest absolute Gasteiger partial charge is 0.220 e. The van der Waals surface area contributed by atoms with Crippen LogP contribution in [0.25, 0.3) is 0 Å². The summed E-state index contributed by atoms with van der Waals surface area (Å²) in [5, 5.41) is 13.1. The van der Waals surface area contributed by atoms with Crippen LogP contribution in [-0.2, 0) is 11.2 Å². The van der Waals surface area contributed by atoms with Crippen LogP contribution in [0.1, 0.15) is 64.4 Å². The second kappa shape index (κ2) is 12.2. The van der Waals surface area contributed by atoms with Crippen LogP contribution in [-0.4, -0.2) is 28.6 Å². The maximum Gasteiger partial charge on any atom is 0.220 e. The number of hydrogen-bond acceptors (Lipinski definition) is 3. The first-order valence-corrected chi connectivity index (χ1v) is 10.4. The van der Waals surface area contributed by atoms with Crippen molar-refractivity contribution in [2.75, 3.05) is 6.26 Å². The van der Waals surface area contributed by atoms with E-state index in [9.17, 15) is 9.90 Å². The van der Waals surface area contributed by atoms with E-state index in [1.165, 1.54) is 25.7 Å². The summed E-state index contributed by atoms with van der Waals surface area (Å²) >= 11 is 1.96. The standard InChI is InChI=1S/C20H33NO2S/c1-4-5-8-19(24-3)9-6-7-10-20(23)21-16(2)15-17-11-13-18(22)14-12-17/h11-14,16,19,22H,4-10,15H2,1-3H3,(H,21,23). The van der Waals surface area contributed by atoms with Gasteiger partial charge in [0.05, 0.1) is 0 Å². The van der Waals surface area contributed by atoms with E-state index in [0.29, 0.717) is 6.42 Å². The topological polar surface area (TPSA) is 49.3 Å². The number of amides is 1. The fourth-order valence-corrected chi connectivity index (χ4v) is 3.66. The van der Waals surface area contributed by atoms with Crippen LogP contribution in [0.2, 0.25) is 0 Å². The average Bonchev–Trinajstić information content (AvgIpc) is 2.56. The van der Waals surface area contributed by atoms with E-state index in [1.807, 2.05) is 30.8 Å². The van der Waals surface area contributed by atoms with Gasteiger partial charge >= 0.3 is 0 Å². The Bertz CT molecular complexity index is 461. The predicted molar refractivity (Wildman–Crippen MR) is 105 cm³/mol. The van der Waals surface area contributed by atoms with E-state index in [0.717, 1.165) is 30.1 Å². The number of phenols is 1. The summed E-state index contributed by atoms with van der Waals surface area (Å²) in [4.78, 5) is 12.0. The van der Waals surface area contributed by atoms with E-state index in [1.54, 1.807) is 12.1 Å². The lowest BCUT2D eigenvalue weighted by Gasteiger charge is -2.15. The van der Waals surface area contributed by atoms with Crippen molar-refractivity contribution in [2.45, 2.75) is 76.5 Å². The Balaban J connectivity index is 2.17. The van der Waals surface area contributed by atoms with Gasteiger partial charge in [-0.2, -0.15) is 11.8 Å². The summed E-state index contributed by atoms with van der Waals surface area (Å²) in [6, 6.07) is 7.29. The van der Waals surface area contributed by atoms with E-state index < -0.39 is 0 Å². The molecule has 0 spiro atoms. The lowest BCUT2D eigenvalue weighted by molar-refractivity contribution is -0.121. The number of hydrogen-bond donors (Lipinski definition) is 2. The minimum atomic E-state index is 0.116. The molecule has 0 aromatic heterocycles. The molecule has 2 N–H and O–H groups in total. The van der Waals surface area contributed by atoms with E-state index >= 15 is 0 Å². The third kappa shape index (κ3) is 9.21. The summed E-state index contributed by atoms with van der Waals surface area (Å²) < 4.78 is 0. The van der Waals surface area contributed by atoms with Gasteiger partial charge < -0.3 is 10.4 Å². The first-order valence-electron chi connectivity index (χ1n) is 9.15. The molecule has 1 rings (SSSR count). The lowest BCUT2D eigenvalue weighted by Crippen LogP contribution is -2.33. The maximum atomic E-state index is 12.0. The number of rotatable bonds is 12. The minimum Gasteiger partial charge on any atom is -0.508 e. The van der Waals surface area contributed by atoms with Gasteiger partial charge in [0.25, 0.3) is 0 Å². The zero-order valence-electron chi connectivity index (χ0n) is 15.4. The van der Waals surface area contributed by atoms with Gasteiger partial charge in [-0.3, -0.25) is 4.79 Å². The normalized spacial score (nSPS) is 13.5. The van der Waals surface area contributed by atoms with Gasteiger partial charge in [-0.1, -0.05) is 38.3 Å². The molecule has 0 saturated heterocycles. The molecule has 0 aliphatic heterocycles. The second-order valence-electron chi connectivity index (χ2n) is 6.58. The number of phenolic OH excluding ortho intramolecular Hbond substituents is 1. The summed E-state index contributed by atoms with van der Waals surface area (Å²) in [6.07, 6.45) is 10.8. The van der Waals surface area contributed by atoms with E-state index in [2.05, 4.69) is 18.5 Å². The largest absolute Gasteiger partial charge is 0.508 e. The first-order chi connectivity index (χ1) is 11.5. The highest BCUT2D eigenvalue weighted by Gasteiger charge is 2.10. The summed E-state index contributed by atoms with van der Waals surface area (Å²) in [5.41, 5.74) is 1.12. The summed E-state index contributed by atoms with van der Waals surface area (Å²) in [5.74, 6) is 0.425. The first kappa shape index (κ1) is 20.9. The summed E-state index contributed by atoms with van der Waals surface area (Å²) in [6.45, 7) is 4.26. The molecular weight excluding hydrogens is 318 g/mol. The molecule has 1 aromatic carbocycles. The maximum absolute atomic E-state index is 12.0. The number of benzene rings is 1. The second-order valence-corrected chi connectivity index (χ2v) is 7.72. The fourth-order valence-electron chi connectivity index (χ4n) is 2.85. The molecule has 136 valence electrons. The zero-order valence-corrected chi connectivity index (χ0v) is 16.2. The number of nitrogens with one attached hydrogen (secondary N) is 1. The minimum absolute atomic E-state index is 0.116. The van der Waals surface area contributed by atoms with Crippen molar-refractivity contribution in [3.8, 4) is 5.75 Å². The molecule has 2 unspecified atom stereocenters. The van der Waals surface area contributed by atoms with Crippen molar-refractivity contribution in [3.63, 3.8) is 0 Å². The van der Waals surface area contributed by atoms with Crippen LogP contribution < -0.4 is 5.32 Å². The molecule has 0 radical (unpaired) electrons. The van der Waals surface area contributed by atoms with Crippen molar-refractivity contribution in [1.29, 1.82) is 0 Å². The van der Waals surface area contributed by atoms with Crippen LogP contribution in [0, 0.1) is 0 Å². The molecule has 2 atom stereocenters. The van der Waals surface area contributed by atoms with Gasteiger partial charge in [-0.15, -0.1) is 0 Å². The monoisotopic (exact) mass is 351 g/mol. The van der Waals surface area contributed by atoms with Crippen LogP contribution in [0.4, 0.5) is 0 Å². The van der Waals surface area contributed by atoms with Gasteiger partial charge in [0, 0.05) is 17.7 Å². The van der Waals surface area contributed by atoms with Gasteiger partial charge in [-0.25, -0.2) is 0 Å². The molecular formula is C20H33NO2S. The third-order valence-electron chi connectivity index (χ3n) is 4.28. The Kier molecular flexibility index (Phi) is 10.6. The van der Waals surface area contributed by atoms with Crippen LogP contribution in [0.15, 0.2) is 24.3 Å². The van der Waals surface area contributed by atoms with Crippen LogP contribution in [0.5, 0.6) is 5.75 Å². The highest BCUT2D eigenvalue weighted by atomic mass is 32.2. The molecule has 0 heterocycles. The quantitative estimate of drug-likeness (QED) is 0.525.